The maximum atomic E-state index is 12.0. The molecular weight excluding hydrogens is 334 g/mol. The lowest BCUT2D eigenvalue weighted by Gasteiger charge is -2.07. The van der Waals surface area contributed by atoms with Gasteiger partial charge in [0.05, 0.1) is 12.9 Å². The monoisotopic (exact) mass is 353 g/mol. The predicted octanol–water partition coefficient (Wildman–Crippen LogP) is 3.40. The van der Waals surface area contributed by atoms with Crippen molar-refractivity contribution in [3.63, 3.8) is 0 Å². The van der Waals surface area contributed by atoms with Crippen molar-refractivity contribution in [1.29, 1.82) is 0 Å². The van der Waals surface area contributed by atoms with E-state index >= 15 is 0 Å². The molecule has 0 bridgehead atoms. The molecule has 0 radical (unpaired) electrons. The van der Waals surface area contributed by atoms with Crippen molar-refractivity contribution in [2.24, 2.45) is 0 Å². The molecule has 0 fully saturated rings. The van der Waals surface area contributed by atoms with Gasteiger partial charge in [-0.15, -0.1) is 0 Å². The average Bonchev–Trinajstić information content (AvgIpc) is 2.54. The van der Waals surface area contributed by atoms with E-state index in [9.17, 15) is 8.42 Å². The summed E-state index contributed by atoms with van der Waals surface area (Å²) in [6.07, 6.45) is 1.56. The van der Waals surface area contributed by atoms with E-state index in [1.54, 1.807) is 31.4 Å². The number of ether oxygens (including phenoxy) is 1. The molecule has 1 N–H and O–H groups in total. The van der Waals surface area contributed by atoms with Crippen LogP contribution >= 0.6 is 11.6 Å². The molecule has 124 valence electrons. The van der Waals surface area contributed by atoms with Gasteiger partial charge in [-0.3, -0.25) is 0 Å². The number of hydrogen-bond donors (Lipinski definition) is 1. The molecule has 0 unspecified atom stereocenters. The van der Waals surface area contributed by atoms with Gasteiger partial charge < -0.3 is 4.74 Å². The van der Waals surface area contributed by atoms with Crippen LogP contribution in [0.1, 0.15) is 17.5 Å². The van der Waals surface area contributed by atoms with Crippen LogP contribution in [0.2, 0.25) is 5.02 Å². The normalized spacial score (nSPS) is 11.4. The molecule has 6 heteroatoms. The van der Waals surface area contributed by atoms with Crippen LogP contribution in [0.4, 0.5) is 0 Å². The van der Waals surface area contributed by atoms with E-state index in [4.69, 9.17) is 16.3 Å². The summed E-state index contributed by atoms with van der Waals surface area (Å²) in [6, 6.07) is 14.6. The highest BCUT2D eigenvalue weighted by molar-refractivity contribution is 7.88. The zero-order chi connectivity index (χ0) is 16.7. The Labute approximate surface area is 142 Å². The second-order valence-electron chi connectivity index (χ2n) is 5.23. The number of hydrogen-bond acceptors (Lipinski definition) is 3. The molecule has 0 saturated heterocycles. The van der Waals surface area contributed by atoms with Crippen molar-refractivity contribution in [3.05, 3.63) is 64.7 Å². The number of nitrogens with one attached hydrogen (secondary N) is 1. The van der Waals surface area contributed by atoms with Crippen LogP contribution in [0.25, 0.3) is 0 Å². The number of benzene rings is 2. The summed E-state index contributed by atoms with van der Waals surface area (Å²) in [5, 5.41) is 0.596. The lowest BCUT2D eigenvalue weighted by Crippen LogP contribution is -2.26. The van der Waals surface area contributed by atoms with E-state index in [-0.39, 0.29) is 5.75 Å². The second-order valence-corrected chi connectivity index (χ2v) is 7.47. The fourth-order valence-corrected chi connectivity index (χ4v) is 3.48. The maximum Gasteiger partial charge on any atom is 0.215 e. The second kappa shape index (κ2) is 8.34. The highest BCUT2D eigenvalue weighted by Crippen LogP contribution is 2.13. The van der Waals surface area contributed by atoms with Crippen molar-refractivity contribution < 1.29 is 13.2 Å². The van der Waals surface area contributed by atoms with E-state index in [2.05, 4.69) is 4.72 Å². The summed E-state index contributed by atoms with van der Waals surface area (Å²) in [4.78, 5) is 0. The van der Waals surface area contributed by atoms with E-state index in [1.165, 1.54) is 0 Å². The molecule has 2 rings (SSSR count). The average molecular weight is 354 g/mol. The molecular formula is C17H20ClNO3S. The summed E-state index contributed by atoms with van der Waals surface area (Å²) in [6.45, 7) is 0.419. The Hall–Kier alpha value is -1.56. The lowest BCUT2D eigenvalue weighted by molar-refractivity contribution is 0.414. The molecule has 0 aliphatic carbocycles. The first-order chi connectivity index (χ1) is 11.0. The largest absolute Gasteiger partial charge is 0.497 e. The van der Waals surface area contributed by atoms with Gasteiger partial charge in [0.1, 0.15) is 5.75 Å². The fourth-order valence-electron chi connectivity index (χ4n) is 2.16. The first kappa shape index (κ1) is 17.8. The number of rotatable bonds is 8. The van der Waals surface area contributed by atoms with Crippen molar-refractivity contribution >= 4 is 21.6 Å². The van der Waals surface area contributed by atoms with Crippen LogP contribution in [-0.2, 0) is 22.2 Å². The molecule has 0 saturated carbocycles. The van der Waals surface area contributed by atoms with E-state index in [0.717, 1.165) is 29.7 Å². The Balaban J connectivity index is 1.76. The maximum absolute atomic E-state index is 12.0. The third kappa shape index (κ3) is 6.22. The predicted molar refractivity (Wildman–Crippen MR) is 93.4 cm³/mol. The molecule has 0 amide bonds. The molecule has 2 aromatic rings. The van der Waals surface area contributed by atoms with Crippen LogP contribution in [0.15, 0.2) is 48.5 Å². The summed E-state index contributed by atoms with van der Waals surface area (Å²) >= 11 is 5.79. The van der Waals surface area contributed by atoms with Gasteiger partial charge >= 0.3 is 0 Å². The van der Waals surface area contributed by atoms with Crippen LogP contribution in [-0.4, -0.2) is 22.1 Å². The lowest BCUT2D eigenvalue weighted by atomic mass is 10.1. The Bertz CT molecular complexity index is 713. The summed E-state index contributed by atoms with van der Waals surface area (Å²) in [5.41, 5.74) is 1.87. The van der Waals surface area contributed by atoms with Gasteiger partial charge in [-0.2, -0.15) is 0 Å². The first-order valence-corrected chi connectivity index (χ1v) is 9.36. The minimum atomic E-state index is -3.33. The Morgan fingerprint density at radius 1 is 1.00 bits per heavy atom. The number of halogens is 1. The zero-order valence-corrected chi connectivity index (χ0v) is 14.5. The molecule has 23 heavy (non-hydrogen) atoms. The zero-order valence-electron chi connectivity index (χ0n) is 13.0. The molecule has 4 nitrogen and oxygen atoms in total. The van der Waals surface area contributed by atoms with E-state index in [0.29, 0.717) is 11.6 Å². The van der Waals surface area contributed by atoms with Crippen LogP contribution in [0.5, 0.6) is 5.75 Å². The van der Waals surface area contributed by atoms with Gasteiger partial charge in [0.15, 0.2) is 0 Å². The summed E-state index contributed by atoms with van der Waals surface area (Å²) < 4.78 is 31.8. The SMILES string of the molecule is COc1ccc(CCCNS(=O)(=O)Cc2ccc(Cl)cc2)cc1. The quantitative estimate of drug-likeness (QED) is 0.740. The summed E-state index contributed by atoms with van der Waals surface area (Å²) in [7, 11) is -1.70. The van der Waals surface area contributed by atoms with Crippen molar-refractivity contribution in [1.82, 2.24) is 4.72 Å². The van der Waals surface area contributed by atoms with Gasteiger partial charge in [-0.1, -0.05) is 35.9 Å². The smallest absolute Gasteiger partial charge is 0.215 e. The Morgan fingerprint density at radius 2 is 1.61 bits per heavy atom. The van der Waals surface area contributed by atoms with Crippen LogP contribution < -0.4 is 9.46 Å². The third-order valence-corrected chi connectivity index (χ3v) is 5.00. The minimum absolute atomic E-state index is 0.0350. The van der Waals surface area contributed by atoms with Gasteiger partial charge in [-0.05, 0) is 48.2 Å². The van der Waals surface area contributed by atoms with Crippen molar-refractivity contribution in [3.8, 4) is 5.75 Å². The van der Waals surface area contributed by atoms with Gasteiger partial charge in [0, 0.05) is 11.6 Å². The van der Waals surface area contributed by atoms with E-state index in [1.807, 2.05) is 24.3 Å². The number of methoxy groups -OCH3 is 1. The third-order valence-electron chi connectivity index (χ3n) is 3.39. The summed E-state index contributed by atoms with van der Waals surface area (Å²) in [5.74, 6) is 0.782. The number of sulfonamides is 1. The topological polar surface area (TPSA) is 55.4 Å². The molecule has 0 aliphatic rings. The minimum Gasteiger partial charge on any atom is -0.497 e. The first-order valence-electron chi connectivity index (χ1n) is 7.33. The molecule has 0 atom stereocenters. The van der Waals surface area contributed by atoms with Crippen LogP contribution in [0.3, 0.4) is 0 Å². The standard InChI is InChI=1S/C17H20ClNO3S/c1-22-17-10-6-14(7-11-17)3-2-12-19-23(20,21)13-15-4-8-16(18)9-5-15/h4-11,19H,2-3,12-13H2,1H3. The van der Waals surface area contributed by atoms with Gasteiger partial charge in [0.25, 0.3) is 0 Å². The molecule has 0 aliphatic heterocycles. The van der Waals surface area contributed by atoms with Gasteiger partial charge in [-0.25, -0.2) is 13.1 Å². The fraction of sp³-hybridized carbons (Fsp3) is 0.294. The highest BCUT2D eigenvalue weighted by Gasteiger charge is 2.10. The molecule has 0 aromatic heterocycles. The van der Waals surface area contributed by atoms with Crippen molar-refractivity contribution in [2.75, 3.05) is 13.7 Å². The highest BCUT2D eigenvalue weighted by atomic mass is 35.5. The van der Waals surface area contributed by atoms with E-state index < -0.39 is 10.0 Å². The molecule has 0 spiro atoms. The van der Waals surface area contributed by atoms with Crippen LogP contribution in [0, 0.1) is 0 Å². The van der Waals surface area contributed by atoms with Crippen molar-refractivity contribution in [2.45, 2.75) is 18.6 Å². The molecule has 2 aromatic carbocycles. The number of aryl methyl sites for hydroxylation is 1. The Morgan fingerprint density at radius 3 is 2.22 bits per heavy atom. The van der Waals surface area contributed by atoms with Gasteiger partial charge in [0.2, 0.25) is 10.0 Å². The Kier molecular flexibility index (Phi) is 6.45. The molecule has 0 heterocycles.